The molecule has 3 amide bonds. The highest BCUT2D eigenvalue weighted by Gasteiger charge is 2.44. The Morgan fingerprint density at radius 3 is 2.30 bits per heavy atom. The summed E-state index contributed by atoms with van der Waals surface area (Å²) >= 11 is 0. The fraction of sp³-hybridized carbons (Fsp3) is 0.474. The first-order valence-electron chi connectivity index (χ1n) is 17.1. The Kier molecular flexibility index (Phi) is 12.4. The molecule has 0 radical (unpaired) electrons. The number of aliphatic hydroxyl groups excluding tert-OH is 1. The molecule has 12 heteroatoms. The predicted octanol–water partition coefficient (Wildman–Crippen LogP) is 4.40. The molecule has 5 rings (SSSR count). The summed E-state index contributed by atoms with van der Waals surface area (Å²) in [5.74, 6) is -0.456. The summed E-state index contributed by atoms with van der Waals surface area (Å²) in [7, 11) is 1.24. The highest BCUT2D eigenvalue weighted by Crippen LogP contribution is 2.33. The van der Waals surface area contributed by atoms with E-state index >= 15 is 0 Å². The third-order valence-electron chi connectivity index (χ3n) is 9.15. The van der Waals surface area contributed by atoms with E-state index in [1.54, 1.807) is 6.20 Å². The van der Waals surface area contributed by atoms with E-state index in [9.17, 15) is 19.5 Å². The second-order valence-electron chi connectivity index (χ2n) is 14.0. The van der Waals surface area contributed by atoms with Crippen LogP contribution in [0.15, 0.2) is 79.0 Å². The highest BCUT2D eigenvalue weighted by atomic mass is 16.7. The Morgan fingerprint density at radius 1 is 0.900 bits per heavy atom. The number of carbonyl (C=O) groups excluding carboxylic acids is 3. The van der Waals surface area contributed by atoms with Gasteiger partial charge in [-0.25, -0.2) is 9.59 Å². The van der Waals surface area contributed by atoms with Crippen LogP contribution in [0.3, 0.4) is 0 Å². The van der Waals surface area contributed by atoms with Crippen molar-refractivity contribution < 1.29 is 38.4 Å². The molecule has 2 saturated heterocycles. The van der Waals surface area contributed by atoms with E-state index in [1.807, 2.05) is 93.6 Å². The van der Waals surface area contributed by atoms with Gasteiger partial charge in [0, 0.05) is 17.8 Å². The molecule has 4 N–H and O–H groups in total. The van der Waals surface area contributed by atoms with Crippen LogP contribution in [0.2, 0.25) is 0 Å². The molecule has 0 spiro atoms. The molecule has 0 saturated carbocycles. The average molecular weight is 689 g/mol. The zero-order chi connectivity index (χ0) is 35.7. The number of aliphatic hydroxyl groups is 1. The standard InChI is InChI=1S/C38H48N4O8/c1-38(2,3)33(42-36(45)47-4)34(44)40-27(20-25-13-15-26(16-14-25)29-12-8-9-18-39-29)22-31(43)30(21-24-10-6-5-7-11-24)41-37(46)50-32-23-49-35-28(32)17-19-48-35/h5-16,18,27-28,30-33,35,43H,17,19-23H2,1-4H3,(H,40,44)(H,41,46)(H,42,45)/t27?,28-,30?,31?,32+,33?,35+/m1/s1. The van der Waals surface area contributed by atoms with Crippen LogP contribution in [0.25, 0.3) is 11.3 Å². The summed E-state index contributed by atoms with van der Waals surface area (Å²) in [6.07, 6.45) is -0.0446. The number of aromatic nitrogens is 1. The van der Waals surface area contributed by atoms with E-state index < -0.39 is 53.8 Å². The van der Waals surface area contributed by atoms with Gasteiger partial charge in [-0.3, -0.25) is 9.78 Å². The molecular formula is C38H48N4O8. The number of benzene rings is 2. The number of hydrogen-bond donors (Lipinski definition) is 4. The fourth-order valence-corrected chi connectivity index (χ4v) is 6.44. The smallest absolute Gasteiger partial charge is 0.407 e. The summed E-state index contributed by atoms with van der Waals surface area (Å²) in [6.45, 7) is 6.32. The number of pyridine rings is 1. The van der Waals surface area contributed by atoms with Crippen molar-refractivity contribution in [3.05, 3.63) is 90.1 Å². The zero-order valence-corrected chi connectivity index (χ0v) is 29.0. The van der Waals surface area contributed by atoms with Crippen LogP contribution in [0.4, 0.5) is 9.59 Å². The number of hydrogen-bond acceptors (Lipinski definition) is 9. The molecule has 12 nitrogen and oxygen atoms in total. The van der Waals surface area contributed by atoms with Crippen molar-refractivity contribution in [1.82, 2.24) is 20.9 Å². The Hall–Kier alpha value is -4.52. The molecule has 0 bridgehead atoms. The van der Waals surface area contributed by atoms with Gasteiger partial charge in [0.05, 0.1) is 44.1 Å². The van der Waals surface area contributed by atoms with Gasteiger partial charge in [0.25, 0.3) is 0 Å². The van der Waals surface area contributed by atoms with Crippen molar-refractivity contribution in [2.75, 3.05) is 20.3 Å². The molecule has 4 unspecified atom stereocenters. The van der Waals surface area contributed by atoms with Crippen molar-refractivity contribution in [3.63, 3.8) is 0 Å². The van der Waals surface area contributed by atoms with Crippen LogP contribution in [0.5, 0.6) is 0 Å². The van der Waals surface area contributed by atoms with Crippen LogP contribution >= 0.6 is 0 Å². The lowest BCUT2D eigenvalue weighted by atomic mass is 9.85. The van der Waals surface area contributed by atoms with Crippen LogP contribution < -0.4 is 16.0 Å². The number of nitrogens with one attached hydrogen (secondary N) is 3. The van der Waals surface area contributed by atoms with E-state index in [1.165, 1.54) is 7.11 Å². The molecular weight excluding hydrogens is 640 g/mol. The van der Waals surface area contributed by atoms with Gasteiger partial charge in [0.15, 0.2) is 6.29 Å². The molecule has 3 heterocycles. The molecule has 7 atom stereocenters. The molecule has 2 aliphatic heterocycles. The Bertz CT molecular complexity index is 1550. The third kappa shape index (κ3) is 10.0. The number of rotatable bonds is 13. The number of fused-ring (bicyclic) bond motifs is 1. The number of nitrogens with zero attached hydrogens (tertiary/aromatic N) is 1. The molecule has 2 fully saturated rings. The molecule has 50 heavy (non-hydrogen) atoms. The minimum Gasteiger partial charge on any atom is -0.453 e. The lowest BCUT2D eigenvalue weighted by molar-refractivity contribution is -0.126. The van der Waals surface area contributed by atoms with Crippen molar-refractivity contribution in [3.8, 4) is 11.3 Å². The molecule has 2 aromatic carbocycles. The first kappa shape index (κ1) is 36.8. The molecule has 1 aromatic heterocycles. The van der Waals surface area contributed by atoms with Crippen molar-refractivity contribution in [2.24, 2.45) is 11.3 Å². The average Bonchev–Trinajstić information content (AvgIpc) is 3.72. The normalized spacial score (nSPS) is 20.9. The van der Waals surface area contributed by atoms with Crippen LogP contribution in [0, 0.1) is 11.3 Å². The monoisotopic (exact) mass is 688 g/mol. The minimum absolute atomic E-state index is 0.0312. The van der Waals surface area contributed by atoms with E-state index in [4.69, 9.17) is 18.9 Å². The van der Waals surface area contributed by atoms with Gasteiger partial charge in [-0.05, 0) is 54.4 Å². The topological polar surface area (TPSA) is 157 Å². The summed E-state index contributed by atoms with van der Waals surface area (Å²) in [4.78, 5) is 43.7. The van der Waals surface area contributed by atoms with Crippen LogP contribution in [-0.2, 0) is 36.6 Å². The fourth-order valence-electron chi connectivity index (χ4n) is 6.44. The molecule has 3 aromatic rings. The first-order valence-corrected chi connectivity index (χ1v) is 17.1. The Balaban J connectivity index is 1.35. The van der Waals surface area contributed by atoms with Gasteiger partial charge in [-0.2, -0.15) is 0 Å². The van der Waals surface area contributed by atoms with Crippen molar-refractivity contribution in [1.29, 1.82) is 0 Å². The highest BCUT2D eigenvalue weighted by molar-refractivity contribution is 5.86. The summed E-state index contributed by atoms with van der Waals surface area (Å²) in [6, 6.07) is 20.8. The van der Waals surface area contributed by atoms with Gasteiger partial charge >= 0.3 is 12.2 Å². The first-order chi connectivity index (χ1) is 24.0. The predicted molar refractivity (Wildman–Crippen MR) is 186 cm³/mol. The van der Waals surface area contributed by atoms with Gasteiger partial charge in [0.1, 0.15) is 12.1 Å². The van der Waals surface area contributed by atoms with Gasteiger partial charge < -0.3 is 40.0 Å². The zero-order valence-electron chi connectivity index (χ0n) is 29.0. The molecule has 0 aliphatic carbocycles. The summed E-state index contributed by atoms with van der Waals surface area (Å²) < 4.78 is 21.8. The summed E-state index contributed by atoms with van der Waals surface area (Å²) in [5, 5.41) is 20.4. The largest absolute Gasteiger partial charge is 0.453 e. The number of amides is 3. The van der Waals surface area contributed by atoms with Gasteiger partial charge in [0.2, 0.25) is 5.91 Å². The van der Waals surface area contributed by atoms with Gasteiger partial charge in [-0.1, -0.05) is 81.4 Å². The van der Waals surface area contributed by atoms with Crippen LogP contribution in [-0.4, -0.2) is 85.1 Å². The Labute approximate surface area is 293 Å². The van der Waals surface area contributed by atoms with E-state index in [-0.39, 0.29) is 25.2 Å². The second-order valence-corrected chi connectivity index (χ2v) is 14.0. The van der Waals surface area contributed by atoms with E-state index in [2.05, 4.69) is 20.9 Å². The number of ether oxygens (including phenoxy) is 4. The van der Waals surface area contributed by atoms with Crippen molar-refractivity contribution >= 4 is 18.1 Å². The van der Waals surface area contributed by atoms with E-state index in [0.29, 0.717) is 19.4 Å². The van der Waals surface area contributed by atoms with E-state index in [0.717, 1.165) is 28.8 Å². The van der Waals surface area contributed by atoms with Gasteiger partial charge in [-0.15, -0.1) is 0 Å². The number of carbonyl (C=O) groups is 3. The van der Waals surface area contributed by atoms with Crippen LogP contribution in [0.1, 0.15) is 44.7 Å². The number of alkyl carbamates (subject to hydrolysis) is 2. The minimum atomic E-state index is -1.09. The lowest BCUT2D eigenvalue weighted by Crippen LogP contribution is -2.56. The lowest BCUT2D eigenvalue weighted by Gasteiger charge is -2.33. The maximum Gasteiger partial charge on any atom is 0.407 e. The SMILES string of the molecule is COC(=O)NC(C(=O)NC(Cc1ccc(-c2ccccn2)cc1)CC(O)C(Cc1ccccc1)NC(=O)O[C@H]1CO[C@@H]2OCC[C@@H]21)C(C)(C)C. The van der Waals surface area contributed by atoms with Crippen molar-refractivity contribution in [2.45, 2.75) is 83.1 Å². The Morgan fingerprint density at radius 2 is 1.62 bits per heavy atom. The maximum absolute atomic E-state index is 13.8. The maximum atomic E-state index is 13.8. The number of methoxy groups -OCH3 is 1. The summed E-state index contributed by atoms with van der Waals surface area (Å²) in [5.41, 5.74) is 2.95. The quantitative estimate of drug-likeness (QED) is 0.204. The molecule has 2 aliphatic rings. The third-order valence-corrected chi connectivity index (χ3v) is 9.15. The second kappa shape index (κ2) is 16.9. The molecule has 268 valence electrons.